The van der Waals surface area contributed by atoms with Gasteiger partial charge in [-0.15, -0.1) is 0 Å². The van der Waals surface area contributed by atoms with E-state index in [2.05, 4.69) is 31.9 Å². The maximum absolute atomic E-state index is 13.3. The molecule has 0 saturated heterocycles. The topological polar surface area (TPSA) is 66.5 Å². The Bertz CT molecular complexity index is 1040. The molecule has 3 rings (SSSR count). The Balaban J connectivity index is 1.59. The highest BCUT2D eigenvalue weighted by molar-refractivity contribution is 5.73. The van der Waals surface area contributed by atoms with Crippen molar-refractivity contribution in [3.63, 3.8) is 0 Å². The third-order valence-corrected chi connectivity index (χ3v) is 7.32. The number of aryl methyl sites for hydroxylation is 1. The van der Waals surface area contributed by atoms with Crippen LogP contribution in [0.3, 0.4) is 0 Å². The zero-order chi connectivity index (χ0) is 26.9. The van der Waals surface area contributed by atoms with E-state index in [0.29, 0.717) is 11.5 Å². The predicted octanol–water partition coefficient (Wildman–Crippen LogP) is 5.48. The second-order valence-electron chi connectivity index (χ2n) is 10.1. The van der Waals surface area contributed by atoms with Gasteiger partial charge in [-0.25, -0.2) is 0 Å². The van der Waals surface area contributed by atoms with E-state index in [1.54, 1.807) is 28.4 Å². The first-order valence-electron chi connectivity index (χ1n) is 13.2. The molecule has 0 unspecified atom stereocenters. The normalized spacial score (nSPS) is 15.8. The lowest BCUT2D eigenvalue weighted by Crippen LogP contribution is -2.31. The average molecular weight is 514 g/mol. The van der Waals surface area contributed by atoms with Crippen LogP contribution in [0.15, 0.2) is 30.3 Å². The van der Waals surface area contributed by atoms with E-state index in [1.165, 1.54) is 5.56 Å². The van der Waals surface area contributed by atoms with Crippen molar-refractivity contribution in [2.75, 3.05) is 48.6 Å². The average Bonchev–Trinajstić information content (AvgIpc) is 2.90. The van der Waals surface area contributed by atoms with Crippen molar-refractivity contribution in [3.05, 3.63) is 47.0 Å². The van der Waals surface area contributed by atoms with Crippen LogP contribution in [0.5, 0.6) is 23.0 Å². The number of esters is 1. The fourth-order valence-electron chi connectivity index (χ4n) is 4.99. The number of carbonyl (C=O) groups is 1. The molecule has 2 aromatic carbocycles. The summed E-state index contributed by atoms with van der Waals surface area (Å²) >= 11 is 0. The Labute approximate surface area is 222 Å². The van der Waals surface area contributed by atoms with Crippen LogP contribution in [0.25, 0.3) is 0 Å². The molecule has 0 N–H and O–H groups in total. The van der Waals surface area contributed by atoms with E-state index in [0.717, 1.165) is 67.8 Å². The van der Waals surface area contributed by atoms with Gasteiger partial charge in [-0.05, 0) is 92.6 Å². The molecule has 204 valence electrons. The monoisotopic (exact) mass is 513 g/mol. The van der Waals surface area contributed by atoms with Crippen LogP contribution >= 0.6 is 0 Å². The summed E-state index contributed by atoms with van der Waals surface area (Å²) in [5.41, 5.74) is 3.39. The Morgan fingerprint density at radius 2 is 1.57 bits per heavy atom. The van der Waals surface area contributed by atoms with Crippen LogP contribution in [0.1, 0.15) is 55.9 Å². The summed E-state index contributed by atoms with van der Waals surface area (Å²) in [5, 5.41) is 0. The van der Waals surface area contributed by atoms with Gasteiger partial charge in [0.15, 0.2) is 23.0 Å². The van der Waals surface area contributed by atoms with Gasteiger partial charge in [-0.1, -0.05) is 19.9 Å². The van der Waals surface area contributed by atoms with Crippen LogP contribution < -0.4 is 18.9 Å². The zero-order valence-electron chi connectivity index (χ0n) is 23.5. The summed E-state index contributed by atoms with van der Waals surface area (Å²) in [6.07, 6.45) is 4.14. The highest BCUT2D eigenvalue weighted by Gasteiger charge is 2.30. The van der Waals surface area contributed by atoms with Gasteiger partial charge in [-0.2, -0.15) is 0 Å². The minimum absolute atomic E-state index is 0.115. The molecule has 0 fully saturated rings. The molecule has 37 heavy (non-hydrogen) atoms. The zero-order valence-corrected chi connectivity index (χ0v) is 23.5. The number of nitrogens with zero attached hydrogens (tertiary/aromatic N) is 1. The van der Waals surface area contributed by atoms with Gasteiger partial charge in [0, 0.05) is 6.54 Å². The smallest absolute Gasteiger partial charge is 0.309 e. The lowest BCUT2D eigenvalue weighted by atomic mass is 9.88. The largest absolute Gasteiger partial charge is 0.493 e. The van der Waals surface area contributed by atoms with Gasteiger partial charge in [-0.3, -0.25) is 4.79 Å². The summed E-state index contributed by atoms with van der Waals surface area (Å²) in [5.74, 6) is 2.77. The predicted molar refractivity (Wildman–Crippen MR) is 145 cm³/mol. The van der Waals surface area contributed by atoms with E-state index < -0.39 is 0 Å². The molecular formula is C30H43NO6. The SMILES string of the molecule is COc1ccc(CCN(C)CC[C@@H](C(=O)O[C@H]2CCCc3cc(OC)c(OC)cc32)C(C)C)cc1OC. The second kappa shape index (κ2) is 13.6. The minimum Gasteiger partial charge on any atom is -0.493 e. The maximum Gasteiger partial charge on any atom is 0.309 e. The van der Waals surface area contributed by atoms with Gasteiger partial charge in [0.05, 0.1) is 34.4 Å². The summed E-state index contributed by atoms with van der Waals surface area (Å²) in [4.78, 5) is 15.6. The van der Waals surface area contributed by atoms with Crippen molar-refractivity contribution < 1.29 is 28.5 Å². The third kappa shape index (κ3) is 7.31. The molecule has 0 radical (unpaired) electrons. The molecule has 2 aromatic rings. The summed E-state index contributed by atoms with van der Waals surface area (Å²) in [7, 11) is 8.66. The molecule has 7 heteroatoms. The molecule has 0 aromatic heterocycles. The Kier molecular flexibility index (Phi) is 10.5. The molecule has 0 amide bonds. The lowest BCUT2D eigenvalue weighted by molar-refractivity contribution is -0.157. The highest BCUT2D eigenvalue weighted by atomic mass is 16.5. The van der Waals surface area contributed by atoms with Gasteiger partial charge < -0.3 is 28.6 Å². The molecule has 0 spiro atoms. The fraction of sp³-hybridized carbons (Fsp3) is 0.567. The Hall–Kier alpha value is -2.93. The molecular weight excluding hydrogens is 470 g/mol. The molecule has 1 aliphatic rings. The van der Waals surface area contributed by atoms with E-state index in [1.807, 2.05) is 24.3 Å². The number of hydrogen-bond donors (Lipinski definition) is 0. The van der Waals surface area contributed by atoms with Gasteiger partial charge in [0.2, 0.25) is 0 Å². The van der Waals surface area contributed by atoms with Crippen LogP contribution in [-0.4, -0.2) is 59.4 Å². The first-order chi connectivity index (χ1) is 17.8. The first kappa shape index (κ1) is 28.6. The molecule has 0 saturated carbocycles. The third-order valence-electron chi connectivity index (χ3n) is 7.32. The number of carbonyl (C=O) groups excluding carboxylic acids is 1. The van der Waals surface area contributed by atoms with Crippen LogP contribution in [0.4, 0.5) is 0 Å². The van der Waals surface area contributed by atoms with Crippen molar-refractivity contribution in [2.45, 2.75) is 52.1 Å². The molecule has 0 aliphatic heterocycles. The van der Waals surface area contributed by atoms with E-state index in [9.17, 15) is 4.79 Å². The summed E-state index contributed by atoms with van der Waals surface area (Å²) in [6.45, 7) is 5.89. The van der Waals surface area contributed by atoms with Crippen LogP contribution in [-0.2, 0) is 22.4 Å². The number of fused-ring (bicyclic) bond motifs is 1. The number of rotatable bonds is 13. The van der Waals surface area contributed by atoms with Crippen molar-refractivity contribution in [1.29, 1.82) is 0 Å². The van der Waals surface area contributed by atoms with Crippen LogP contribution in [0, 0.1) is 11.8 Å². The number of benzene rings is 2. The number of ether oxygens (including phenoxy) is 5. The first-order valence-corrected chi connectivity index (χ1v) is 13.2. The Morgan fingerprint density at radius 3 is 2.22 bits per heavy atom. The lowest BCUT2D eigenvalue weighted by Gasteiger charge is -2.29. The Morgan fingerprint density at radius 1 is 0.919 bits per heavy atom. The van der Waals surface area contributed by atoms with E-state index >= 15 is 0 Å². The molecule has 0 bridgehead atoms. The van der Waals surface area contributed by atoms with Crippen molar-refractivity contribution in [3.8, 4) is 23.0 Å². The van der Waals surface area contributed by atoms with E-state index in [4.69, 9.17) is 23.7 Å². The number of likely N-dealkylation sites (N-methyl/N-ethyl adjacent to an activating group) is 1. The van der Waals surface area contributed by atoms with Crippen molar-refractivity contribution in [1.82, 2.24) is 4.90 Å². The quantitative estimate of drug-likeness (QED) is 0.329. The van der Waals surface area contributed by atoms with Crippen molar-refractivity contribution in [2.24, 2.45) is 11.8 Å². The van der Waals surface area contributed by atoms with Gasteiger partial charge in [0.25, 0.3) is 0 Å². The fourth-order valence-corrected chi connectivity index (χ4v) is 4.99. The number of hydrogen-bond acceptors (Lipinski definition) is 7. The molecule has 7 nitrogen and oxygen atoms in total. The highest BCUT2D eigenvalue weighted by Crippen LogP contribution is 2.40. The molecule has 2 atom stereocenters. The van der Waals surface area contributed by atoms with E-state index in [-0.39, 0.29) is 23.9 Å². The van der Waals surface area contributed by atoms with Gasteiger partial charge >= 0.3 is 5.97 Å². The van der Waals surface area contributed by atoms with Gasteiger partial charge in [0.1, 0.15) is 6.10 Å². The number of methoxy groups -OCH3 is 4. The standard InChI is InChI=1S/C30H43NO6/c1-20(2)23(14-16-31(3)15-13-21-11-12-26(33-4)27(17-21)34-5)30(32)37-25-10-8-9-22-18-28(35-6)29(36-7)19-24(22)25/h11-12,17-20,23,25H,8-10,13-16H2,1-7H3/t23-,25+/m1/s1. The summed E-state index contributed by atoms with van der Waals surface area (Å²) in [6, 6.07) is 10.0. The van der Waals surface area contributed by atoms with Crippen LogP contribution in [0.2, 0.25) is 0 Å². The van der Waals surface area contributed by atoms with Crippen molar-refractivity contribution >= 4 is 5.97 Å². The maximum atomic E-state index is 13.3. The molecule has 0 heterocycles. The molecule has 1 aliphatic carbocycles. The summed E-state index contributed by atoms with van der Waals surface area (Å²) < 4.78 is 27.9. The minimum atomic E-state index is -0.250. The second-order valence-corrected chi connectivity index (χ2v) is 10.1.